The number of hydrogen-bond acceptors (Lipinski definition) is 4. The maximum absolute atomic E-state index is 6.05. The predicted octanol–water partition coefficient (Wildman–Crippen LogP) is 5.89. The Morgan fingerprint density at radius 1 is 0.893 bits per heavy atom. The van der Waals surface area contributed by atoms with Crippen LogP contribution in [0.5, 0.6) is 5.75 Å². The van der Waals surface area contributed by atoms with Gasteiger partial charge in [0.15, 0.2) is 11.0 Å². The van der Waals surface area contributed by atoms with Crippen LogP contribution >= 0.6 is 23.4 Å². The van der Waals surface area contributed by atoms with Gasteiger partial charge in [-0.25, -0.2) is 0 Å². The van der Waals surface area contributed by atoms with E-state index in [4.69, 9.17) is 16.3 Å². The summed E-state index contributed by atoms with van der Waals surface area (Å²) in [7, 11) is 1.66. The Bertz CT molecular complexity index is 1050. The summed E-state index contributed by atoms with van der Waals surface area (Å²) < 4.78 is 7.36. The van der Waals surface area contributed by atoms with Crippen LogP contribution in [0.4, 0.5) is 0 Å². The molecule has 0 aliphatic heterocycles. The van der Waals surface area contributed by atoms with E-state index in [0.29, 0.717) is 5.02 Å². The first-order valence-electron chi connectivity index (χ1n) is 8.77. The van der Waals surface area contributed by atoms with E-state index in [1.165, 1.54) is 5.56 Å². The largest absolute Gasteiger partial charge is 0.497 e. The van der Waals surface area contributed by atoms with Crippen molar-refractivity contribution < 1.29 is 4.74 Å². The first kappa shape index (κ1) is 18.6. The smallest absolute Gasteiger partial charge is 0.196 e. The van der Waals surface area contributed by atoms with Gasteiger partial charge >= 0.3 is 0 Å². The summed E-state index contributed by atoms with van der Waals surface area (Å²) in [5.41, 5.74) is 3.18. The van der Waals surface area contributed by atoms with Crippen LogP contribution in [0, 0.1) is 0 Å². The Morgan fingerprint density at radius 3 is 2.29 bits per heavy atom. The van der Waals surface area contributed by atoms with Crippen LogP contribution in [-0.4, -0.2) is 21.9 Å². The highest BCUT2D eigenvalue weighted by molar-refractivity contribution is 7.98. The third kappa shape index (κ3) is 4.06. The third-order valence-electron chi connectivity index (χ3n) is 4.28. The van der Waals surface area contributed by atoms with Gasteiger partial charge in [-0.15, -0.1) is 10.2 Å². The summed E-state index contributed by atoms with van der Waals surface area (Å²) in [6.45, 7) is 0. The second-order valence-electron chi connectivity index (χ2n) is 6.12. The number of nitrogens with zero attached hydrogens (tertiary/aromatic N) is 3. The minimum absolute atomic E-state index is 0.693. The summed E-state index contributed by atoms with van der Waals surface area (Å²) in [6.07, 6.45) is 0. The fraction of sp³-hybridized carbons (Fsp3) is 0.0909. The highest BCUT2D eigenvalue weighted by atomic mass is 35.5. The molecule has 0 bridgehead atoms. The quantitative estimate of drug-likeness (QED) is 0.374. The molecule has 3 aromatic carbocycles. The molecule has 0 atom stereocenters. The minimum Gasteiger partial charge on any atom is -0.497 e. The summed E-state index contributed by atoms with van der Waals surface area (Å²) >= 11 is 7.71. The first-order valence-corrected chi connectivity index (χ1v) is 10.1. The molecule has 0 saturated heterocycles. The van der Waals surface area contributed by atoms with Gasteiger partial charge < -0.3 is 4.74 Å². The number of aromatic nitrogens is 3. The predicted molar refractivity (Wildman–Crippen MR) is 114 cm³/mol. The molecule has 4 rings (SSSR count). The van der Waals surface area contributed by atoms with Crippen LogP contribution < -0.4 is 4.74 Å². The van der Waals surface area contributed by atoms with Gasteiger partial charge in [0.2, 0.25) is 0 Å². The van der Waals surface area contributed by atoms with Crippen LogP contribution in [0.3, 0.4) is 0 Å². The molecule has 0 fully saturated rings. The SMILES string of the molecule is COc1ccc(-n2c(SCc3ccccc3)nnc2-c2ccc(Cl)cc2)cc1. The molecule has 0 radical (unpaired) electrons. The van der Waals surface area contributed by atoms with Crippen molar-refractivity contribution in [3.05, 3.63) is 89.4 Å². The standard InChI is InChI=1S/C22H18ClN3OS/c1-27-20-13-11-19(12-14-20)26-21(17-7-9-18(23)10-8-17)24-25-22(26)28-15-16-5-3-2-4-6-16/h2-14H,15H2,1H3. The number of methoxy groups -OCH3 is 1. The summed E-state index contributed by atoms with van der Waals surface area (Å²) in [6, 6.07) is 25.9. The lowest BCUT2D eigenvalue weighted by Crippen LogP contribution is -2.00. The Morgan fingerprint density at radius 2 is 1.61 bits per heavy atom. The van der Waals surface area contributed by atoms with Gasteiger partial charge in [-0.2, -0.15) is 0 Å². The molecule has 6 heteroatoms. The van der Waals surface area contributed by atoms with Gasteiger partial charge in [-0.05, 0) is 54.1 Å². The zero-order valence-corrected chi connectivity index (χ0v) is 16.8. The third-order valence-corrected chi connectivity index (χ3v) is 5.53. The maximum atomic E-state index is 6.05. The second kappa shape index (κ2) is 8.50. The monoisotopic (exact) mass is 407 g/mol. The van der Waals surface area contributed by atoms with Crippen molar-refractivity contribution >= 4 is 23.4 Å². The summed E-state index contributed by atoms with van der Waals surface area (Å²) in [4.78, 5) is 0. The Hall–Kier alpha value is -2.76. The molecule has 0 saturated carbocycles. The van der Waals surface area contributed by atoms with Gasteiger partial charge in [-0.1, -0.05) is 53.7 Å². The molecule has 0 unspecified atom stereocenters. The highest BCUT2D eigenvalue weighted by Gasteiger charge is 2.16. The van der Waals surface area contributed by atoms with Gasteiger partial charge in [0.1, 0.15) is 5.75 Å². The molecule has 1 heterocycles. The number of hydrogen-bond donors (Lipinski definition) is 0. The average molecular weight is 408 g/mol. The molecule has 0 spiro atoms. The molecule has 4 nitrogen and oxygen atoms in total. The molecular weight excluding hydrogens is 390 g/mol. The van der Waals surface area contributed by atoms with Gasteiger partial charge in [0.25, 0.3) is 0 Å². The van der Waals surface area contributed by atoms with E-state index < -0.39 is 0 Å². The lowest BCUT2D eigenvalue weighted by atomic mass is 10.2. The van der Waals surface area contributed by atoms with E-state index in [9.17, 15) is 0 Å². The van der Waals surface area contributed by atoms with E-state index in [1.807, 2.05) is 66.7 Å². The van der Waals surface area contributed by atoms with Crippen molar-refractivity contribution in [1.82, 2.24) is 14.8 Å². The molecule has 0 amide bonds. The molecule has 0 aliphatic carbocycles. The van der Waals surface area contributed by atoms with Gasteiger partial charge in [0.05, 0.1) is 7.11 Å². The van der Waals surface area contributed by atoms with Crippen molar-refractivity contribution in [1.29, 1.82) is 0 Å². The number of thioether (sulfide) groups is 1. The normalized spacial score (nSPS) is 10.8. The maximum Gasteiger partial charge on any atom is 0.196 e. The van der Waals surface area contributed by atoms with Crippen LogP contribution in [0.25, 0.3) is 17.1 Å². The number of rotatable bonds is 6. The van der Waals surface area contributed by atoms with E-state index >= 15 is 0 Å². The van der Waals surface area contributed by atoms with Crippen molar-refractivity contribution in [2.75, 3.05) is 7.11 Å². The summed E-state index contributed by atoms with van der Waals surface area (Å²) in [5, 5.41) is 10.5. The fourth-order valence-electron chi connectivity index (χ4n) is 2.84. The van der Waals surface area contributed by atoms with Crippen LogP contribution in [0.2, 0.25) is 5.02 Å². The van der Waals surface area contributed by atoms with Crippen molar-refractivity contribution in [3.63, 3.8) is 0 Å². The minimum atomic E-state index is 0.693. The van der Waals surface area contributed by atoms with E-state index in [2.05, 4.69) is 26.9 Å². The van der Waals surface area contributed by atoms with Crippen LogP contribution in [0.1, 0.15) is 5.56 Å². The van der Waals surface area contributed by atoms with E-state index in [-0.39, 0.29) is 0 Å². The Balaban J connectivity index is 1.73. The van der Waals surface area contributed by atoms with Gasteiger partial charge in [-0.3, -0.25) is 4.57 Å². The second-order valence-corrected chi connectivity index (χ2v) is 7.50. The molecule has 0 N–H and O–H groups in total. The van der Waals surface area contributed by atoms with Crippen molar-refractivity contribution in [2.45, 2.75) is 10.9 Å². The Kier molecular flexibility index (Phi) is 5.65. The van der Waals surface area contributed by atoms with Crippen molar-refractivity contribution in [2.24, 2.45) is 0 Å². The molecular formula is C22H18ClN3OS. The zero-order chi connectivity index (χ0) is 19.3. The number of ether oxygens (including phenoxy) is 1. The molecule has 28 heavy (non-hydrogen) atoms. The topological polar surface area (TPSA) is 39.9 Å². The average Bonchev–Trinajstić information content (AvgIpc) is 3.17. The lowest BCUT2D eigenvalue weighted by Gasteiger charge is -2.11. The highest BCUT2D eigenvalue weighted by Crippen LogP contribution is 2.31. The fourth-order valence-corrected chi connectivity index (χ4v) is 3.87. The van der Waals surface area contributed by atoms with Crippen LogP contribution in [-0.2, 0) is 5.75 Å². The lowest BCUT2D eigenvalue weighted by molar-refractivity contribution is 0.414. The van der Waals surface area contributed by atoms with E-state index in [0.717, 1.165) is 33.7 Å². The Labute approximate surface area is 173 Å². The van der Waals surface area contributed by atoms with E-state index in [1.54, 1.807) is 18.9 Å². The molecule has 1 aromatic heterocycles. The van der Waals surface area contributed by atoms with Crippen molar-refractivity contribution in [3.8, 4) is 22.8 Å². The number of benzene rings is 3. The van der Waals surface area contributed by atoms with Crippen LogP contribution in [0.15, 0.2) is 84.0 Å². The van der Waals surface area contributed by atoms with Gasteiger partial charge in [0, 0.05) is 22.0 Å². The summed E-state index contributed by atoms with van der Waals surface area (Å²) in [5.74, 6) is 2.40. The zero-order valence-electron chi connectivity index (χ0n) is 15.2. The first-order chi connectivity index (χ1) is 13.7. The molecule has 0 aliphatic rings. The number of halogens is 1. The molecule has 140 valence electrons. The molecule has 4 aromatic rings.